The molecule has 23 heavy (non-hydrogen) atoms. The zero-order valence-corrected chi connectivity index (χ0v) is 13.6. The van der Waals surface area contributed by atoms with Crippen LogP contribution in [0, 0.1) is 0 Å². The minimum absolute atomic E-state index is 0.0981. The molecular formula is C15H19N5O2S. The van der Waals surface area contributed by atoms with E-state index < -0.39 is 5.97 Å². The monoisotopic (exact) mass is 333 g/mol. The predicted molar refractivity (Wildman–Crippen MR) is 84.3 cm³/mol. The van der Waals surface area contributed by atoms with Crippen LogP contribution in [0.3, 0.4) is 0 Å². The number of nitrogens with zero attached hydrogens (tertiary/aromatic N) is 4. The van der Waals surface area contributed by atoms with Crippen molar-refractivity contribution >= 4 is 23.3 Å². The second kappa shape index (κ2) is 7.47. The first-order valence-electron chi connectivity index (χ1n) is 7.69. The fourth-order valence-electron chi connectivity index (χ4n) is 2.70. The number of aliphatic carboxylic acids is 1. The van der Waals surface area contributed by atoms with E-state index in [2.05, 4.69) is 19.9 Å². The van der Waals surface area contributed by atoms with Crippen LogP contribution in [-0.2, 0) is 17.6 Å². The summed E-state index contributed by atoms with van der Waals surface area (Å²) >= 11 is 1.53. The molecule has 0 radical (unpaired) electrons. The average molecular weight is 333 g/mol. The maximum absolute atomic E-state index is 10.6. The van der Waals surface area contributed by atoms with Crippen molar-refractivity contribution in [2.45, 2.75) is 12.8 Å². The van der Waals surface area contributed by atoms with Crippen LogP contribution >= 0.6 is 11.3 Å². The number of carboxylic acid groups (broad SMARTS) is 1. The van der Waals surface area contributed by atoms with E-state index >= 15 is 0 Å². The molecule has 1 aliphatic heterocycles. The second-order valence-corrected chi connectivity index (χ2v) is 6.51. The number of carboxylic acids is 1. The zero-order valence-electron chi connectivity index (χ0n) is 12.8. The van der Waals surface area contributed by atoms with Gasteiger partial charge in [0, 0.05) is 36.6 Å². The highest BCUT2D eigenvalue weighted by Crippen LogP contribution is 2.10. The molecule has 2 aromatic rings. The smallest absolute Gasteiger partial charge is 0.225 e. The van der Waals surface area contributed by atoms with Gasteiger partial charge < -0.3 is 19.7 Å². The molecule has 0 aliphatic carbocycles. The van der Waals surface area contributed by atoms with E-state index in [0.717, 1.165) is 50.1 Å². The standard InChI is InChI=1S/C15H19N5O2S/c21-14(22)10-12-11-23-13(18-12)2-5-19-6-8-20(9-7-19)15-16-3-1-4-17-15/h1,3-4,11H,2,5-10H2,(H,21,22). The number of thiazole rings is 1. The minimum atomic E-state index is -1.08. The summed E-state index contributed by atoms with van der Waals surface area (Å²) in [6.07, 6.45) is 4.33. The normalized spacial score (nSPS) is 15.7. The van der Waals surface area contributed by atoms with Gasteiger partial charge in [-0.05, 0) is 6.07 Å². The van der Waals surface area contributed by atoms with Gasteiger partial charge in [-0.25, -0.2) is 15.0 Å². The highest BCUT2D eigenvalue weighted by atomic mass is 32.1. The Kier molecular flexibility index (Phi) is 5.14. The number of hydrogen-bond donors (Lipinski definition) is 1. The highest BCUT2D eigenvalue weighted by Gasteiger charge is 2.21. The molecule has 2 aromatic heterocycles. The molecule has 3 rings (SSSR count). The van der Waals surface area contributed by atoms with Crippen molar-refractivity contribution in [3.05, 3.63) is 34.5 Å². The molecule has 0 atom stereocenters. The second-order valence-electron chi connectivity index (χ2n) is 5.57. The number of nitrogens with one attached hydrogen (secondary N) is 1. The number of quaternary nitrogens is 1. The van der Waals surface area contributed by atoms with E-state index in [9.17, 15) is 9.90 Å². The van der Waals surface area contributed by atoms with Gasteiger partial charge in [0.25, 0.3) is 0 Å². The summed E-state index contributed by atoms with van der Waals surface area (Å²) in [5, 5.41) is 13.4. The predicted octanol–water partition coefficient (Wildman–Crippen LogP) is -1.83. The molecular weight excluding hydrogens is 314 g/mol. The van der Waals surface area contributed by atoms with Gasteiger partial charge in [0.15, 0.2) is 0 Å². The van der Waals surface area contributed by atoms with Crippen LogP contribution in [0.5, 0.6) is 0 Å². The van der Waals surface area contributed by atoms with Crippen LogP contribution in [0.15, 0.2) is 23.8 Å². The summed E-state index contributed by atoms with van der Waals surface area (Å²) in [4.78, 5) is 27.2. The van der Waals surface area contributed by atoms with Crippen LogP contribution in [0.2, 0.25) is 0 Å². The Balaban J connectivity index is 1.44. The minimum Gasteiger partial charge on any atom is -0.550 e. The molecule has 122 valence electrons. The van der Waals surface area contributed by atoms with Gasteiger partial charge in [-0.3, -0.25) is 0 Å². The maximum Gasteiger partial charge on any atom is 0.225 e. The summed E-state index contributed by atoms with van der Waals surface area (Å²) < 4.78 is 0. The highest BCUT2D eigenvalue weighted by molar-refractivity contribution is 7.09. The quantitative estimate of drug-likeness (QED) is 0.669. The topological polar surface area (TPSA) is 86.5 Å². The molecule has 1 aliphatic rings. The Morgan fingerprint density at radius 1 is 1.30 bits per heavy atom. The maximum atomic E-state index is 10.6. The third kappa shape index (κ3) is 4.46. The Morgan fingerprint density at radius 2 is 2.04 bits per heavy atom. The molecule has 8 heteroatoms. The van der Waals surface area contributed by atoms with Crippen LogP contribution in [0.4, 0.5) is 5.95 Å². The number of aromatic nitrogens is 3. The van der Waals surface area contributed by atoms with E-state index in [-0.39, 0.29) is 6.42 Å². The zero-order chi connectivity index (χ0) is 16.1. The van der Waals surface area contributed by atoms with Gasteiger partial charge >= 0.3 is 0 Å². The molecule has 0 bridgehead atoms. The van der Waals surface area contributed by atoms with Crippen LogP contribution in [-0.4, -0.2) is 53.6 Å². The van der Waals surface area contributed by atoms with E-state index in [1.54, 1.807) is 12.4 Å². The van der Waals surface area contributed by atoms with Crippen molar-refractivity contribution < 1.29 is 14.8 Å². The van der Waals surface area contributed by atoms with Crippen molar-refractivity contribution in [3.63, 3.8) is 0 Å². The lowest BCUT2D eigenvalue weighted by molar-refractivity contribution is -0.900. The first kappa shape index (κ1) is 15.8. The fourth-order valence-corrected chi connectivity index (χ4v) is 3.50. The summed E-state index contributed by atoms with van der Waals surface area (Å²) in [5.74, 6) is -0.273. The molecule has 7 nitrogen and oxygen atoms in total. The lowest BCUT2D eigenvalue weighted by atomic mass is 10.3. The third-order valence-corrected chi connectivity index (χ3v) is 4.88. The number of hydrogen-bond acceptors (Lipinski definition) is 7. The molecule has 0 unspecified atom stereocenters. The Labute approximate surface area is 138 Å². The van der Waals surface area contributed by atoms with E-state index in [1.807, 2.05) is 11.4 Å². The largest absolute Gasteiger partial charge is 0.550 e. The first-order chi connectivity index (χ1) is 11.2. The SMILES string of the molecule is O=C([O-])Cc1csc(CC[NH+]2CCN(c3ncccn3)CC2)n1. The van der Waals surface area contributed by atoms with Crippen molar-refractivity contribution in [2.24, 2.45) is 0 Å². The number of piperazine rings is 1. The first-order valence-corrected chi connectivity index (χ1v) is 8.57. The van der Waals surface area contributed by atoms with Crippen LogP contribution in [0.25, 0.3) is 0 Å². The molecule has 1 N–H and O–H groups in total. The summed E-state index contributed by atoms with van der Waals surface area (Å²) in [7, 11) is 0. The van der Waals surface area contributed by atoms with Crippen molar-refractivity contribution in [3.8, 4) is 0 Å². The molecule has 0 spiro atoms. The Bertz CT molecular complexity index is 640. The van der Waals surface area contributed by atoms with Gasteiger partial charge in [-0.15, -0.1) is 11.3 Å². The third-order valence-electron chi connectivity index (χ3n) is 3.92. The van der Waals surface area contributed by atoms with Gasteiger partial charge in [0.1, 0.15) is 0 Å². The van der Waals surface area contributed by atoms with Crippen LogP contribution in [0.1, 0.15) is 10.7 Å². The van der Waals surface area contributed by atoms with Gasteiger partial charge in [-0.2, -0.15) is 0 Å². The van der Waals surface area contributed by atoms with E-state index in [1.165, 1.54) is 16.2 Å². The lowest BCUT2D eigenvalue weighted by Crippen LogP contribution is -3.15. The van der Waals surface area contributed by atoms with E-state index in [0.29, 0.717) is 5.69 Å². The van der Waals surface area contributed by atoms with Gasteiger partial charge in [-0.1, -0.05) is 0 Å². The number of carbonyl (C=O) groups excluding carboxylic acids is 1. The van der Waals surface area contributed by atoms with Crippen molar-refractivity contribution in [2.75, 3.05) is 37.6 Å². The number of anilines is 1. The summed E-state index contributed by atoms with van der Waals surface area (Å²) in [6, 6.07) is 1.83. The van der Waals surface area contributed by atoms with Gasteiger partial charge in [0.05, 0.1) is 43.4 Å². The lowest BCUT2D eigenvalue weighted by Gasteiger charge is -2.31. The Hall–Kier alpha value is -2.06. The fraction of sp³-hybridized carbons (Fsp3) is 0.467. The summed E-state index contributed by atoms with van der Waals surface area (Å²) in [5.41, 5.74) is 0.603. The van der Waals surface area contributed by atoms with Crippen molar-refractivity contribution in [1.82, 2.24) is 15.0 Å². The van der Waals surface area contributed by atoms with Crippen molar-refractivity contribution in [1.29, 1.82) is 0 Å². The van der Waals surface area contributed by atoms with E-state index in [4.69, 9.17) is 0 Å². The van der Waals surface area contributed by atoms with Crippen LogP contribution < -0.4 is 14.9 Å². The molecule has 1 fully saturated rings. The Morgan fingerprint density at radius 3 is 2.74 bits per heavy atom. The molecule has 0 saturated carbocycles. The summed E-state index contributed by atoms with van der Waals surface area (Å²) in [6.45, 7) is 5.02. The number of rotatable bonds is 6. The average Bonchev–Trinajstić information content (AvgIpc) is 3.01. The molecule has 0 aromatic carbocycles. The van der Waals surface area contributed by atoms with Gasteiger partial charge in [0.2, 0.25) is 5.95 Å². The molecule has 0 amide bonds. The number of carbonyl (C=O) groups is 1. The molecule has 1 saturated heterocycles. The molecule has 3 heterocycles.